The van der Waals surface area contributed by atoms with E-state index in [0.29, 0.717) is 16.3 Å². The molecule has 0 saturated heterocycles. The number of anilines is 1. The molecule has 1 aliphatic heterocycles. The van der Waals surface area contributed by atoms with Crippen molar-refractivity contribution in [3.8, 4) is 11.5 Å². The molecule has 2 N–H and O–H groups in total. The van der Waals surface area contributed by atoms with Crippen LogP contribution in [0.1, 0.15) is 51.9 Å². The highest BCUT2D eigenvalue weighted by molar-refractivity contribution is 6.33. The number of ether oxygens (including phenoxy) is 2. The molecule has 0 aromatic heterocycles. The number of aliphatic carboxylic acids is 1. The summed E-state index contributed by atoms with van der Waals surface area (Å²) in [4.78, 5) is 11.3. The Morgan fingerprint density at radius 3 is 2.58 bits per heavy atom. The molecule has 2 aromatic carbocycles. The number of halogens is 4. The van der Waals surface area contributed by atoms with Gasteiger partial charge in [-0.1, -0.05) is 30.7 Å². The maximum Gasteiger partial charge on any atom is 0.392 e. The number of rotatable bonds is 9. The van der Waals surface area contributed by atoms with Gasteiger partial charge in [0.1, 0.15) is 2.74 Å². The van der Waals surface area contributed by atoms with Crippen LogP contribution in [0.4, 0.5) is 18.9 Å². The maximum absolute atomic E-state index is 13.7. The topological polar surface area (TPSA) is 67.8 Å². The fourth-order valence-electron chi connectivity index (χ4n) is 4.21. The first kappa shape index (κ1) is 21.0. The Kier molecular flexibility index (Phi) is 5.93. The molecule has 4 rings (SSSR count). The molecule has 33 heavy (non-hydrogen) atoms. The van der Waals surface area contributed by atoms with E-state index >= 15 is 0 Å². The number of carboxylic acids is 1. The molecular weight excluding hydrogens is 459 g/mol. The fraction of sp³-hybridized carbons (Fsp3) is 0.458. The van der Waals surface area contributed by atoms with Gasteiger partial charge in [-0.15, -0.1) is 0 Å². The number of hydrogen-bond donors (Lipinski definition) is 2. The normalized spacial score (nSPS) is 20.4. The highest BCUT2D eigenvalue weighted by Gasteiger charge is 2.42. The molecular formula is C24H25ClF3NO4. The van der Waals surface area contributed by atoms with Gasteiger partial charge < -0.3 is 19.9 Å². The van der Waals surface area contributed by atoms with Crippen molar-refractivity contribution in [1.29, 1.82) is 0 Å². The standard InChI is InChI=1S/C24H25ClF3NO4/c1-13(24(26,27)28)18(16-5-7-21-22(9-16)33-12-32-21)11-29-20-8-15(4-6-19(20)25)17(10-23(30)31)14-2-3-14/h4-9,13-14,17-18,29H,2-3,10-12H2,1H3,(H,30,31)/t13-,17+,18-/m1/s1/i12D2. The molecule has 1 fully saturated rings. The van der Waals surface area contributed by atoms with Crippen molar-refractivity contribution in [1.82, 2.24) is 0 Å². The van der Waals surface area contributed by atoms with Crippen molar-refractivity contribution in [2.45, 2.75) is 44.2 Å². The van der Waals surface area contributed by atoms with Crippen LogP contribution in [-0.2, 0) is 4.79 Å². The van der Waals surface area contributed by atoms with Crippen LogP contribution in [-0.4, -0.2) is 30.5 Å². The van der Waals surface area contributed by atoms with Crippen molar-refractivity contribution in [3.05, 3.63) is 52.5 Å². The van der Waals surface area contributed by atoms with E-state index in [9.17, 15) is 23.1 Å². The summed E-state index contributed by atoms with van der Waals surface area (Å²) in [6.45, 7) is -1.42. The average Bonchev–Trinajstić information content (AvgIpc) is 3.54. The summed E-state index contributed by atoms with van der Waals surface area (Å²) in [5.41, 5.74) is 1.51. The molecule has 0 bridgehead atoms. The molecule has 0 unspecified atom stereocenters. The predicted octanol–water partition coefficient (Wildman–Crippen LogP) is 6.43. The van der Waals surface area contributed by atoms with Gasteiger partial charge in [0, 0.05) is 12.5 Å². The Morgan fingerprint density at radius 2 is 1.91 bits per heavy atom. The summed E-state index contributed by atoms with van der Waals surface area (Å²) in [6, 6.07) is 9.33. The number of fused-ring (bicyclic) bond motifs is 1. The van der Waals surface area contributed by atoms with E-state index < -0.39 is 30.7 Å². The second-order valence-corrected chi connectivity index (χ2v) is 9.00. The van der Waals surface area contributed by atoms with Gasteiger partial charge >= 0.3 is 12.1 Å². The smallest absolute Gasteiger partial charge is 0.392 e. The predicted molar refractivity (Wildman–Crippen MR) is 118 cm³/mol. The van der Waals surface area contributed by atoms with Crippen molar-refractivity contribution in [2.75, 3.05) is 18.6 Å². The number of alkyl halides is 3. The van der Waals surface area contributed by atoms with E-state index in [2.05, 4.69) is 5.32 Å². The first-order valence-corrected chi connectivity index (χ1v) is 11.1. The Hall–Kier alpha value is -2.61. The van der Waals surface area contributed by atoms with Crippen molar-refractivity contribution < 1.29 is 35.3 Å². The van der Waals surface area contributed by atoms with E-state index in [1.54, 1.807) is 18.2 Å². The molecule has 2 aromatic rings. The van der Waals surface area contributed by atoms with Crippen LogP contribution < -0.4 is 14.8 Å². The van der Waals surface area contributed by atoms with Gasteiger partial charge in [0.25, 0.3) is 0 Å². The van der Waals surface area contributed by atoms with Gasteiger partial charge in [-0.2, -0.15) is 13.2 Å². The summed E-state index contributed by atoms with van der Waals surface area (Å²) in [6.07, 6.45) is -2.63. The Morgan fingerprint density at radius 1 is 1.21 bits per heavy atom. The fourth-order valence-corrected chi connectivity index (χ4v) is 4.40. The van der Waals surface area contributed by atoms with E-state index in [0.717, 1.165) is 25.3 Å². The van der Waals surface area contributed by atoms with Gasteiger partial charge in [0.2, 0.25) is 6.75 Å². The molecule has 0 spiro atoms. The van der Waals surface area contributed by atoms with Gasteiger partial charge in [-0.05, 0) is 60.1 Å². The van der Waals surface area contributed by atoms with Crippen molar-refractivity contribution >= 4 is 23.3 Å². The minimum Gasteiger partial charge on any atom is -0.481 e. The highest BCUT2D eigenvalue weighted by Crippen LogP contribution is 2.46. The van der Waals surface area contributed by atoms with Crippen LogP contribution >= 0.6 is 11.6 Å². The third-order valence-electron chi connectivity index (χ3n) is 6.34. The van der Waals surface area contributed by atoms with Crippen LogP contribution in [0, 0.1) is 11.8 Å². The van der Waals surface area contributed by atoms with Gasteiger partial charge in [-0.25, -0.2) is 0 Å². The van der Waals surface area contributed by atoms with Crippen LogP contribution in [0.15, 0.2) is 36.4 Å². The summed E-state index contributed by atoms with van der Waals surface area (Å²) >= 11 is 6.33. The molecule has 178 valence electrons. The molecule has 1 heterocycles. The molecule has 2 aliphatic rings. The molecule has 1 aliphatic carbocycles. The van der Waals surface area contributed by atoms with Gasteiger partial charge in [-0.3, -0.25) is 4.79 Å². The summed E-state index contributed by atoms with van der Waals surface area (Å²) in [5, 5.41) is 12.6. The molecule has 5 nitrogen and oxygen atoms in total. The van der Waals surface area contributed by atoms with E-state index in [-0.39, 0.29) is 36.3 Å². The lowest BCUT2D eigenvalue weighted by Crippen LogP contribution is -2.30. The zero-order chi connectivity index (χ0) is 25.5. The van der Waals surface area contributed by atoms with Crippen LogP contribution in [0.2, 0.25) is 5.02 Å². The minimum atomic E-state index is -4.48. The second-order valence-electron chi connectivity index (χ2n) is 8.59. The van der Waals surface area contributed by atoms with E-state index in [1.165, 1.54) is 18.2 Å². The van der Waals surface area contributed by atoms with Gasteiger partial charge in [0.05, 0.1) is 23.0 Å². The average molecular weight is 486 g/mol. The maximum atomic E-state index is 13.7. The quantitative estimate of drug-likeness (QED) is 0.428. The first-order valence-electron chi connectivity index (χ1n) is 11.7. The number of hydrogen-bond acceptors (Lipinski definition) is 4. The second kappa shape index (κ2) is 9.33. The van der Waals surface area contributed by atoms with E-state index in [4.69, 9.17) is 23.8 Å². The Balaban J connectivity index is 1.59. The lowest BCUT2D eigenvalue weighted by atomic mass is 9.86. The SMILES string of the molecule is [2H]C1([2H])Oc2ccc([C@H](CNc3cc([C@@H](CC(=O)O)C4CC4)ccc3Cl)[C@@H](C)C(F)(F)F)cc2O1. The number of nitrogens with one attached hydrogen (secondary N) is 1. The van der Waals surface area contributed by atoms with Crippen LogP contribution in [0.3, 0.4) is 0 Å². The van der Waals surface area contributed by atoms with Crippen molar-refractivity contribution in [2.24, 2.45) is 11.8 Å². The molecule has 9 heteroatoms. The number of carbonyl (C=O) groups is 1. The Labute approximate surface area is 197 Å². The number of carboxylic acid groups (broad SMARTS) is 1. The molecule has 1 saturated carbocycles. The zero-order valence-corrected chi connectivity index (χ0v) is 18.5. The lowest BCUT2D eigenvalue weighted by Gasteiger charge is -2.28. The summed E-state index contributed by atoms with van der Waals surface area (Å²) < 4.78 is 66.4. The largest absolute Gasteiger partial charge is 0.481 e. The minimum absolute atomic E-state index is 0.0237. The van der Waals surface area contributed by atoms with Crippen LogP contribution in [0.25, 0.3) is 0 Å². The monoisotopic (exact) mass is 485 g/mol. The lowest BCUT2D eigenvalue weighted by molar-refractivity contribution is -0.174. The third kappa shape index (κ3) is 5.49. The molecule has 0 amide bonds. The summed E-state index contributed by atoms with van der Waals surface area (Å²) in [5.74, 6) is -3.45. The van der Waals surface area contributed by atoms with Gasteiger partial charge in [0.15, 0.2) is 11.5 Å². The van der Waals surface area contributed by atoms with E-state index in [1.807, 2.05) is 0 Å². The van der Waals surface area contributed by atoms with Crippen LogP contribution in [0.5, 0.6) is 11.5 Å². The highest BCUT2D eigenvalue weighted by atomic mass is 35.5. The third-order valence-corrected chi connectivity index (χ3v) is 6.67. The summed E-state index contributed by atoms with van der Waals surface area (Å²) in [7, 11) is 0. The van der Waals surface area contributed by atoms with Crippen molar-refractivity contribution in [3.63, 3.8) is 0 Å². The number of benzene rings is 2. The molecule has 3 atom stereocenters. The zero-order valence-electron chi connectivity index (χ0n) is 19.8. The first-order chi connectivity index (χ1) is 16.3. The Bertz CT molecular complexity index is 1110. The molecule has 0 radical (unpaired) electrons.